The second kappa shape index (κ2) is 10.9. The average Bonchev–Trinajstić information content (AvgIpc) is 3.44. The number of aromatic nitrogens is 3. The first-order chi connectivity index (χ1) is 19.3. The van der Waals surface area contributed by atoms with Gasteiger partial charge in [0.2, 0.25) is 0 Å². The fourth-order valence-electron chi connectivity index (χ4n) is 6.18. The predicted molar refractivity (Wildman–Crippen MR) is 168 cm³/mol. The van der Waals surface area contributed by atoms with Gasteiger partial charge in [-0.3, -0.25) is 4.98 Å². The Morgan fingerprint density at radius 3 is 2.45 bits per heavy atom. The normalized spacial score (nSPS) is 19.8. The van der Waals surface area contributed by atoms with Gasteiger partial charge >= 0.3 is 0 Å². The lowest BCUT2D eigenvalue weighted by Crippen LogP contribution is -2.33. The molecule has 2 aliphatic heterocycles. The molecule has 5 heterocycles. The molecule has 4 aromatic rings. The Kier molecular flexibility index (Phi) is 7.27. The number of thiocarbonyl (C=S) groups is 1. The van der Waals surface area contributed by atoms with Crippen molar-refractivity contribution >= 4 is 40.3 Å². The Bertz CT molecular complexity index is 1540. The summed E-state index contributed by atoms with van der Waals surface area (Å²) in [5.74, 6) is 1.68. The van der Waals surface area contributed by atoms with Crippen LogP contribution in [0, 0.1) is 26.7 Å². The fourth-order valence-corrected chi connectivity index (χ4v) is 6.82. The van der Waals surface area contributed by atoms with Crippen LogP contribution in [0.2, 0.25) is 5.02 Å². The number of benzene rings is 1. The molecule has 0 saturated carbocycles. The average molecular weight is 571 g/mol. The molecule has 0 radical (unpaired) electrons. The molecule has 206 valence electrons. The van der Waals surface area contributed by atoms with Gasteiger partial charge in [0, 0.05) is 42.6 Å². The van der Waals surface area contributed by atoms with Crippen molar-refractivity contribution < 1.29 is 0 Å². The van der Waals surface area contributed by atoms with Crippen LogP contribution in [-0.2, 0) is 0 Å². The first kappa shape index (κ1) is 26.8. The van der Waals surface area contributed by atoms with Gasteiger partial charge in [0.15, 0.2) is 5.11 Å². The Morgan fingerprint density at radius 1 is 0.950 bits per heavy atom. The quantitative estimate of drug-likeness (QED) is 0.255. The van der Waals surface area contributed by atoms with E-state index in [0.717, 1.165) is 58.3 Å². The molecule has 3 aromatic heterocycles. The molecular weight excluding hydrogens is 536 g/mol. The molecule has 2 fully saturated rings. The van der Waals surface area contributed by atoms with Gasteiger partial charge in [-0.25, -0.2) is 4.98 Å². The highest BCUT2D eigenvalue weighted by Gasteiger charge is 2.42. The third-order valence-electron chi connectivity index (χ3n) is 8.35. The molecule has 1 aromatic carbocycles. The van der Waals surface area contributed by atoms with Gasteiger partial charge in [0.25, 0.3) is 0 Å². The van der Waals surface area contributed by atoms with Crippen molar-refractivity contribution in [2.45, 2.75) is 52.6 Å². The minimum absolute atomic E-state index is 0.120. The van der Waals surface area contributed by atoms with Crippen LogP contribution >= 0.6 is 23.8 Å². The molecule has 8 heteroatoms. The number of rotatable bonds is 5. The zero-order chi connectivity index (χ0) is 28.0. The van der Waals surface area contributed by atoms with E-state index in [4.69, 9.17) is 28.8 Å². The number of hydrogen-bond donors (Lipinski definition) is 1. The molecule has 0 amide bonds. The zero-order valence-electron chi connectivity index (χ0n) is 23.4. The topological polar surface area (TPSA) is 49.2 Å². The summed E-state index contributed by atoms with van der Waals surface area (Å²) in [6.45, 7) is 10.8. The van der Waals surface area contributed by atoms with Crippen molar-refractivity contribution in [1.82, 2.24) is 19.9 Å². The molecule has 1 N–H and O–H groups in total. The van der Waals surface area contributed by atoms with Crippen molar-refractivity contribution in [3.8, 4) is 5.82 Å². The molecule has 2 aliphatic rings. The lowest BCUT2D eigenvalue weighted by atomic mass is 9.96. The second-order valence-electron chi connectivity index (χ2n) is 11.2. The van der Waals surface area contributed by atoms with Crippen LogP contribution < -0.4 is 15.1 Å². The van der Waals surface area contributed by atoms with Crippen molar-refractivity contribution in [3.05, 3.63) is 100 Å². The van der Waals surface area contributed by atoms with Crippen molar-refractivity contribution in [1.29, 1.82) is 0 Å². The molecule has 40 heavy (non-hydrogen) atoms. The number of nitrogens with one attached hydrogen (secondary N) is 1. The van der Waals surface area contributed by atoms with E-state index in [-0.39, 0.29) is 12.1 Å². The number of anilines is 2. The minimum atomic E-state index is -0.129. The molecule has 2 unspecified atom stereocenters. The summed E-state index contributed by atoms with van der Waals surface area (Å²) >= 11 is 13.0. The summed E-state index contributed by atoms with van der Waals surface area (Å²) in [6.07, 6.45) is 6.09. The minimum Gasteiger partial charge on any atom is -0.370 e. The number of piperidine rings is 1. The molecular formula is C32H35ClN6S. The maximum absolute atomic E-state index is 6.97. The van der Waals surface area contributed by atoms with E-state index < -0.39 is 0 Å². The van der Waals surface area contributed by atoms with Crippen molar-refractivity contribution in [2.75, 3.05) is 22.9 Å². The number of pyridine rings is 2. The highest BCUT2D eigenvalue weighted by atomic mass is 35.5. The van der Waals surface area contributed by atoms with Crippen LogP contribution in [0.1, 0.15) is 60.1 Å². The van der Waals surface area contributed by atoms with E-state index in [0.29, 0.717) is 5.11 Å². The lowest BCUT2D eigenvalue weighted by molar-refractivity contribution is 0.438. The van der Waals surface area contributed by atoms with Crippen LogP contribution in [0.15, 0.2) is 67.0 Å². The van der Waals surface area contributed by atoms with Gasteiger partial charge in [0.05, 0.1) is 28.5 Å². The molecule has 2 atom stereocenters. The molecule has 6 nitrogen and oxygen atoms in total. The van der Waals surface area contributed by atoms with E-state index in [1.807, 2.05) is 30.6 Å². The van der Waals surface area contributed by atoms with Gasteiger partial charge in [-0.05, 0) is 111 Å². The van der Waals surface area contributed by atoms with Crippen LogP contribution in [0.5, 0.6) is 0 Å². The first-order valence-electron chi connectivity index (χ1n) is 14.0. The molecule has 0 aliphatic carbocycles. The Hall–Kier alpha value is -3.42. The number of hydrogen-bond acceptors (Lipinski definition) is 4. The smallest absolute Gasteiger partial charge is 0.174 e. The second-order valence-corrected chi connectivity index (χ2v) is 11.9. The molecule has 0 bridgehead atoms. The van der Waals surface area contributed by atoms with Crippen LogP contribution in [-0.4, -0.2) is 32.7 Å². The maximum Gasteiger partial charge on any atom is 0.174 e. The Balaban J connectivity index is 1.44. The van der Waals surface area contributed by atoms with E-state index in [1.165, 1.54) is 24.0 Å². The van der Waals surface area contributed by atoms with Crippen LogP contribution in [0.25, 0.3) is 5.82 Å². The fraction of sp³-hybridized carbons (Fsp3) is 0.344. The number of aryl methyl sites for hydroxylation is 2. The Morgan fingerprint density at radius 2 is 1.75 bits per heavy atom. The van der Waals surface area contributed by atoms with Gasteiger partial charge < -0.3 is 19.7 Å². The third-order valence-corrected chi connectivity index (χ3v) is 8.97. The van der Waals surface area contributed by atoms with Gasteiger partial charge in [-0.2, -0.15) is 0 Å². The van der Waals surface area contributed by atoms with Crippen molar-refractivity contribution in [2.24, 2.45) is 5.92 Å². The van der Waals surface area contributed by atoms with Gasteiger partial charge in [-0.1, -0.05) is 24.6 Å². The van der Waals surface area contributed by atoms with E-state index >= 15 is 0 Å². The molecule has 0 spiro atoms. The monoisotopic (exact) mass is 570 g/mol. The third kappa shape index (κ3) is 4.86. The zero-order valence-corrected chi connectivity index (χ0v) is 25.0. The van der Waals surface area contributed by atoms with E-state index in [1.54, 1.807) is 0 Å². The summed E-state index contributed by atoms with van der Waals surface area (Å²) in [6, 6.07) is 18.6. The van der Waals surface area contributed by atoms with Crippen molar-refractivity contribution in [3.63, 3.8) is 0 Å². The number of nitrogens with zero attached hydrogens (tertiary/aromatic N) is 5. The predicted octanol–water partition coefficient (Wildman–Crippen LogP) is 7.26. The SMILES string of the molecule is Cc1ccnc(-n2c(C)cc(C3C(c4ccccn4)NC(=S)N3c3ccc(N4CCC(C)CC4)c(Cl)c3)c2C)c1. The highest BCUT2D eigenvalue weighted by Crippen LogP contribution is 2.45. The molecule has 6 rings (SSSR count). The Labute approximate surface area is 247 Å². The molecule has 2 saturated heterocycles. The maximum atomic E-state index is 6.97. The van der Waals surface area contributed by atoms with Gasteiger partial charge in [0.1, 0.15) is 5.82 Å². The summed E-state index contributed by atoms with van der Waals surface area (Å²) in [7, 11) is 0. The lowest BCUT2D eigenvalue weighted by Gasteiger charge is -2.33. The highest BCUT2D eigenvalue weighted by molar-refractivity contribution is 7.80. The summed E-state index contributed by atoms with van der Waals surface area (Å²) in [5, 5.41) is 5.01. The summed E-state index contributed by atoms with van der Waals surface area (Å²) < 4.78 is 2.23. The van der Waals surface area contributed by atoms with E-state index in [9.17, 15) is 0 Å². The number of halogens is 1. The van der Waals surface area contributed by atoms with Crippen LogP contribution in [0.4, 0.5) is 11.4 Å². The summed E-state index contributed by atoms with van der Waals surface area (Å²) in [4.78, 5) is 14.0. The summed E-state index contributed by atoms with van der Waals surface area (Å²) in [5.41, 5.74) is 7.61. The van der Waals surface area contributed by atoms with E-state index in [2.05, 4.69) is 88.8 Å². The van der Waals surface area contributed by atoms with Crippen LogP contribution in [0.3, 0.4) is 0 Å². The standard InChI is InChI=1S/C32H35ClN6S/c1-20-11-15-37(16-12-20)28-9-8-24(19-26(28)33)39-31(30(36-32(39)40)27-7-5-6-13-34-27)25-18-22(3)38(23(25)4)29-17-21(2)10-14-35-29/h5-10,13-14,17-20,30-31H,11-12,15-16H2,1-4H3,(H,36,40). The largest absolute Gasteiger partial charge is 0.370 e. The first-order valence-corrected chi connectivity index (χ1v) is 14.8. The van der Waals surface area contributed by atoms with Gasteiger partial charge in [-0.15, -0.1) is 0 Å².